The normalized spacial score (nSPS) is 12.3. The highest BCUT2D eigenvalue weighted by Crippen LogP contribution is 2.15. The lowest BCUT2D eigenvalue weighted by atomic mass is 9.93. The van der Waals surface area contributed by atoms with Gasteiger partial charge in [0.1, 0.15) is 0 Å². The van der Waals surface area contributed by atoms with E-state index in [2.05, 4.69) is 55.7 Å². The van der Waals surface area contributed by atoms with Crippen molar-refractivity contribution in [3.8, 4) is 0 Å². The zero-order valence-corrected chi connectivity index (χ0v) is 11.0. The summed E-state index contributed by atoms with van der Waals surface area (Å²) in [5, 5.41) is 5.64. The smallest absolute Gasteiger partial charge is 0.0299 e. The predicted octanol–water partition coefficient (Wildman–Crippen LogP) is 2.43. The van der Waals surface area contributed by atoms with Crippen molar-refractivity contribution in [2.45, 2.75) is 20.4 Å². The van der Waals surface area contributed by atoms with Crippen molar-refractivity contribution in [3.05, 3.63) is 22.4 Å². The molecule has 0 aliphatic heterocycles. The molecule has 0 fully saturated rings. The number of nitrogens with one attached hydrogen (secondary N) is 1. The Morgan fingerprint density at radius 1 is 1.40 bits per heavy atom. The van der Waals surface area contributed by atoms with Gasteiger partial charge in [-0.15, -0.1) is 11.3 Å². The van der Waals surface area contributed by atoms with Crippen LogP contribution >= 0.6 is 11.3 Å². The van der Waals surface area contributed by atoms with Gasteiger partial charge in [0.15, 0.2) is 0 Å². The van der Waals surface area contributed by atoms with E-state index in [-0.39, 0.29) is 0 Å². The first-order chi connectivity index (χ1) is 6.99. The van der Waals surface area contributed by atoms with E-state index < -0.39 is 0 Å². The Morgan fingerprint density at radius 2 is 2.13 bits per heavy atom. The van der Waals surface area contributed by atoms with Gasteiger partial charge in [-0.2, -0.15) is 0 Å². The molecule has 0 aromatic carbocycles. The summed E-state index contributed by atoms with van der Waals surface area (Å²) in [6.07, 6.45) is 0. The quantitative estimate of drug-likeness (QED) is 0.801. The lowest BCUT2D eigenvalue weighted by Gasteiger charge is -2.28. The number of rotatable bonds is 6. The van der Waals surface area contributed by atoms with Crippen molar-refractivity contribution in [2.24, 2.45) is 5.41 Å². The van der Waals surface area contributed by atoms with Crippen LogP contribution in [0.1, 0.15) is 18.7 Å². The average molecular weight is 226 g/mol. The lowest BCUT2D eigenvalue weighted by molar-refractivity contribution is 0.232. The molecule has 0 unspecified atom stereocenters. The van der Waals surface area contributed by atoms with Gasteiger partial charge in [-0.3, -0.25) is 0 Å². The topological polar surface area (TPSA) is 15.3 Å². The molecule has 1 aromatic heterocycles. The Balaban J connectivity index is 2.24. The molecule has 1 N–H and O–H groups in total. The second kappa shape index (κ2) is 5.64. The largest absolute Gasteiger partial charge is 0.311 e. The Morgan fingerprint density at radius 3 is 2.67 bits per heavy atom. The molecule has 0 aliphatic carbocycles. The first kappa shape index (κ1) is 12.7. The fourth-order valence-electron chi connectivity index (χ4n) is 1.85. The summed E-state index contributed by atoms with van der Waals surface area (Å²) in [4.78, 5) is 3.66. The standard InChI is InChI=1S/C12H22N2S/c1-12(2,10-14(3)4)9-13-8-11-6-5-7-15-11/h5-7,13H,8-10H2,1-4H3. The molecule has 0 aliphatic rings. The zero-order chi connectivity index (χ0) is 11.3. The monoisotopic (exact) mass is 226 g/mol. The van der Waals surface area contributed by atoms with Crippen molar-refractivity contribution in [1.29, 1.82) is 0 Å². The summed E-state index contributed by atoms with van der Waals surface area (Å²) in [5.41, 5.74) is 0.334. The first-order valence-electron chi connectivity index (χ1n) is 5.37. The second-order valence-corrected chi connectivity index (χ2v) is 6.12. The van der Waals surface area contributed by atoms with Crippen LogP contribution in [0.15, 0.2) is 17.5 Å². The molecule has 86 valence electrons. The summed E-state index contributed by atoms with van der Waals surface area (Å²) in [6.45, 7) is 7.77. The molecule has 0 spiro atoms. The predicted molar refractivity (Wildman–Crippen MR) is 68.4 cm³/mol. The van der Waals surface area contributed by atoms with Crippen molar-refractivity contribution in [2.75, 3.05) is 27.2 Å². The van der Waals surface area contributed by atoms with Gasteiger partial charge in [0, 0.05) is 24.5 Å². The average Bonchev–Trinajstić information content (AvgIpc) is 2.53. The SMILES string of the molecule is CN(C)CC(C)(C)CNCc1cccs1. The van der Waals surface area contributed by atoms with Gasteiger partial charge in [-0.25, -0.2) is 0 Å². The fourth-order valence-corrected chi connectivity index (χ4v) is 2.52. The molecule has 0 atom stereocenters. The zero-order valence-electron chi connectivity index (χ0n) is 10.2. The minimum absolute atomic E-state index is 0.334. The van der Waals surface area contributed by atoms with Crippen LogP contribution < -0.4 is 5.32 Å². The Bertz CT molecular complexity index is 265. The summed E-state index contributed by atoms with van der Waals surface area (Å²) in [7, 11) is 4.25. The number of thiophene rings is 1. The molecule has 1 heterocycles. The minimum atomic E-state index is 0.334. The van der Waals surface area contributed by atoms with Gasteiger partial charge in [0.05, 0.1) is 0 Å². The molecule has 0 radical (unpaired) electrons. The van der Waals surface area contributed by atoms with Crippen LogP contribution in [0, 0.1) is 5.41 Å². The van der Waals surface area contributed by atoms with E-state index in [1.165, 1.54) is 4.88 Å². The maximum absolute atomic E-state index is 3.52. The van der Waals surface area contributed by atoms with E-state index in [0.717, 1.165) is 19.6 Å². The van der Waals surface area contributed by atoms with Gasteiger partial charge in [0.2, 0.25) is 0 Å². The molecular weight excluding hydrogens is 204 g/mol. The third-order valence-corrected chi connectivity index (χ3v) is 3.10. The van der Waals surface area contributed by atoms with Gasteiger partial charge in [-0.1, -0.05) is 19.9 Å². The lowest BCUT2D eigenvalue weighted by Crippen LogP contribution is -2.37. The van der Waals surface area contributed by atoms with Crippen LogP contribution in [0.2, 0.25) is 0 Å². The van der Waals surface area contributed by atoms with Gasteiger partial charge in [-0.05, 0) is 31.0 Å². The van der Waals surface area contributed by atoms with Gasteiger partial charge >= 0.3 is 0 Å². The summed E-state index contributed by atoms with van der Waals surface area (Å²) in [5.74, 6) is 0. The molecular formula is C12H22N2S. The maximum atomic E-state index is 3.52. The molecule has 0 amide bonds. The van der Waals surface area contributed by atoms with Crippen LogP contribution in [0.5, 0.6) is 0 Å². The Kier molecular flexibility index (Phi) is 4.77. The molecule has 0 saturated carbocycles. The second-order valence-electron chi connectivity index (χ2n) is 5.08. The van der Waals surface area contributed by atoms with E-state index in [4.69, 9.17) is 0 Å². The van der Waals surface area contributed by atoms with Crippen molar-refractivity contribution < 1.29 is 0 Å². The number of hydrogen-bond donors (Lipinski definition) is 1. The fraction of sp³-hybridized carbons (Fsp3) is 0.667. The first-order valence-corrected chi connectivity index (χ1v) is 6.25. The molecule has 1 aromatic rings. The maximum Gasteiger partial charge on any atom is 0.0299 e. The molecule has 1 rings (SSSR count). The van der Waals surface area contributed by atoms with Crippen LogP contribution in [0.4, 0.5) is 0 Å². The van der Waals surface area contributed by atoms with Crippen LogP contribution in [-0.4, -0.2) is 32.1 Å². The molecule has 0 bridgehead atoms. The third kappa shape index (κ3) is 5.30. The van der Waals surface area contributed by atoms with Gasteiger partial charge < -0.3 is 10.2 Å². The minimum Gasteiger partial charge on any atom is -0.311 e. The summed E-state index contributed by atoms with van der Waals surface area (Å²) in [6, 6.07) is 4.28. The highest BCUT2D eigenvalue weighted by molar-refractivity contribution is 7.09. The van der Waals surface area contributed by atoms with E-state index in [9.17, 15) is 0 Å². The molecule has 0 saturated heterocycles. The van der Waals surface area contributed by atoms with Crippen LogP contribution in [0.25, 0.3) is 0 Å². The molecule has 2 nitrogen and oxygen atoms in total. The Hall–Kier alpha value is -0.380. The highest BCUT2D eigenvalue weighted by atomic mass is 32.1. The summed E-state index contributed by atoms with van der Waals surface area (Å²) >= 11 is 1.81. The molecule has 3 heteroatoms. The highest BCUT2D eigenvalue weighted by Gasteiger charge is 2.17. The Labute approximate surface area is 97.3 Å². The van der Waals surface area contributed by atoms with Crippen molar-refractivity contribution in [3.63, 3.8) is 0 Å². The van der Waals surface area contributed by atoms with Crippen molar-refractivity contribution in [1.82, 2.24) is 10.2 Å². The van der Waals surface area contributed by atoms with Crippen LogP contribution in [-0.2, 0) is 6.54 Å². The third-order valence-electron chi connectivity index (χ3n) is 2.23. The molecule has 15 heavy (non-hydrogen) atoms. The van der Waals surface area contributed by atoms with Gasteiger partial charge in [0.25, 0.3) is 0 Å². The van der Waals surface area contributed by atoms with Crippen LogP contribution in [0.3, 0.4) is 0 Å². The van der Waals surface area contributed by atoms with E-state index >= 15 is 0 Å². The number of nitrogens with zero attached hydrogens (tertiary/aromatic N) is 1. The number of hydrogen-bond acceptors (Lipinski definition) is 3. The van der Waals surface area contributed by atoms with Crippen molar-refractivity contribution >= 4 is 11.3 Å². The van der Waals surface area contributed by atoms with E-state index in [1.807, 2.05) is 11.3 Å². The van der Waals surface area contributed by atoms with E-state index in [0.29, 0.717) is 5.41 Å². The van der Waals surface area contributed by atoms with E-state index in [1.54, 1.807) is 0 Å². The summed E-state index contributed by atoms with van der Waals surface area (Å²) < 4.78 is 0.